The molecule has 2 amide bonds. The number of nitrogens with zero attached hydrogens (tertiary/aromatic N) is 3. The summed E-state index contributed by atoms with van der Waals surface area (Å²) in [7, 11) is 1.73. The maximum atomic E-state index is 16.9. The number of carbonyl (C=O) groups is 2. The number of rotatable bonds is 4. The highest BCUT2D eigenvalue weighted by Gasteiger charge is 2.62. The van der Waals surface area contributed by atoms with E-state index in [0.29, 0.717) is 35.3 Å². The zero-order chi connectivity index (χ0) is 34.6. The highest BCUT2D eigenvalue weighted by molar-refractivity contribution is 6.34. The van der Waals surface area contributed by atoms with Gasteiger partial charge in [-0.25, -0.2) is 13.6 Å². The van der Waals surface area contributed by atoms with Crippen molar-refractivity contribution in [3.05, 3.63) is 87.7 Å². The molecule has 2 fully saturated rings. The molecule has 0 bridgehead atoms. The van der Waals surface area contributed by atoms with Crippen LogP contribution in [0, 0.1) is 17.0 Å². The molecule has 2 atom stereocenters. The second-order valence-electron chi connectivity index (χ2n) is 14.7. The molecule has 1 aliphatic carbocycles. The monoisotopic (exact) mass is 688 g/mol. The summed E-state index contributed by atoms with van der Waals surface area (Å²) in [6.45, 7) is 5.93. The zero-order valence-corrected chi connectivity index (χ0v) is 28.3. The Kier molecular flexibility index (Phi) is 6.89. The van der Waals surface area contributed by atoms with E-state index >= 15 is 8.78 Å². The second-order valence-corrected chi connectivity index (χ2v) is 15.1. The van der Waals surface area contributed by atoms with Crippen molar-refractivity contribution in [2.24, 2.45) is 18.2 Å². The molecule has 0 unspecified atom stereocenters. The number of fused-ring (bicyclic) bond motifs is 4. The van der Waals surface area contributed by atoms with Crippen LogP contribution in [-0.2, 0) is 30.4 Å². The van der Waals surface area contributed by atoms with Gasteiger partial charge in [-0.2, -0.15) is 5.10 Å². The van der Waals surface area contributed by atoms with Crippen molar-refractivity contribution in [3.63, 3.8) is 0 Å². The van der Waals surface area contributed by atoms with Gasteiger partial charge >= 0.3 is 6.09 Å². The summed E-state index contributed by atoms with van der Waals surface area (Å²) in [4.78, 5) is 28.6. The number of carbonyl (C=O) groups excluding carboxylic acids is 2. The van der Waals surface area contributed by atoms with Crippen molar-refractivity contribution >= 4 is 23.6 Å². The van der Waals surface area contributed by atoms with Gasteiger partial charge in [0.25, 0.3) is 0 Å². The lowest BCUT2D eigenvalue weighted by atomic mass is 9.78. The number of amides is 2. The third-order valence-corrected chi connectivity index (χ3v) is 10.6. The van der Waals surface area contributed by atoms with Crippen LogP contribution in [0.25, 0.3) is 22.3 Å². The number of aromatic nitrogens is 2. The minimum absolute atomic E-state index is 0.00536. The molecule has 49 heavy (non-hydrogen) atoms. The number of halogens is 3. The molecular weight excluding hydrogens is 654 g/mol. The van der Waals surface area contributed by atoms with E-state index in [4.69, 9.17) is 31.5 Å². The minimum atomic E-state index is -1.23. The molecule has 4 aromatic rings. The quantitative estimate of drug-likeness (QED) is 0.241. The van der Waals surface area contributed by atoms with Crippen LogP contribution < -0.4 is 15.2 Å². The Balaban J connectivity index is 1.33. The van der Waals surface area contributed by atoms with Crippen molar-refractivity contribution in [1.82, 2.24) is 14.7 Å². The number of likely N-dealkylation sites (tertiary alicyclic amines) is 1. The molecule has 1 saturated heterocycles. The van der Waals surface area contributed by atoms with Crippen LogP contribution in [0.1, 0.15) is 67.2 Å². The van der Waals surface area contributed by atoms with Gasteiger partial charge in [-0.1, -0.05) is 41.9 Å². The fourth-order valence-corrected chi connectivity index (χ4v) is 8.13. The van der Waals surface area contributed by atoms with Crippen molar-refractivity contribution in [2.45, 2.75) is 70.3 Å². The van der Waals surface area contributed by atoms with E-state index in [-0.39, 0.29) is 51.7 Å². The van der Waals surface area contributed by atoms with Crippen LogP contribution in [0.5, 0.6) is 11.5 Å². The van der Waals surface area contributed by atoms with Crippen LogP contribution >= 0.6 is 11.6 Å². The number of hydrogen-bond donors (Lipinski definition) is 1. The molecule has 254 valence electrons. The number of aryl methyl sites for hydroxylation is 1. The summed E-state index contributed by atoms with van der Waals surface area (Å²) in [5.74, 6) is -2.69. The van der Waals surface area contributed by atoms with Crippen molar-refractivity contribution in [2.75, 3.05) is 6.54 Å². The van der Waals surface area contributed by atoms with Gasteiger partial charge in [0.2, 0.25) is 5.91 Å². The predicted octanol–water partition coefficient (Wildman–Crippen LogP) is 7.30. The van der Waals surface area contributed by atoms with Gasteiger partial charge in [0.1, 0.15) is 29.5 Å². The summed E-state index contributed by atoms with van der Waals surface area (Å²) in [6, 6.07) is 11.5. The van der Waals surface area contributed by atoms with Crippen molar-refractivity contribution in [3.8, 4) is 33.8 Å². The van der Waals surface area contributed by atoms with Crippen molar-refractivity contribution < 1.29 is 32.6 Å². The van der Waals surface area contributed by atoms with Gasteiger partial charge in [-0.15, -0.1) is 0 Å². The maximum absolute atomic E-state index is 16.9. The first-order chi connectivity index (χ1) is 23.2. The minimum Gasteiger partial charge on any atom is -0.483 e. The standard InChI is InChI=1S/C37H35ClF2N4O5/c1-35(2,3)49-34(46)44-18-36(10-11-36)15-27(44)37(19-8-6-5-7-9-19)14-22-26(48-37)13-24(39)30(38)28(22)29-21(33(41)45)12-20-23-16-43(4)42-25(23)17-47-32(20)31(29)40/h5-9,12-13,16,27H,10-11,14-15,17-18H2,1-4H3,(H2,41,45)/t27-,37-/m0/s1. The average molecular weight is 689 g/mol. The molecule has 1 spiro atoms. The van der Waals surface area contributed by atoms with E-state index in [1.807, 2.05) is 51.1 Å². The first-order valence-corrected chi connectivity index (χ1v) is 16.7. The second kappa shape index (κ2) is 10.7. The Morgan fingerprint density at radius 3 is 2.51 bits per heavy atom. The van der Waals surface area contributed by atoms with E-state index in [1.165, 1.54) is 12.1 Å². The first kappa shape index (κ1) is 31.6. The Hall–Kier alpha value is -4.64. The van der Waals surface area contributed by atoms with Crippen molar-refractivity contribution in [1.29, 1.82) is 0 Å². The highest BCUT2D eigenvalue weighted by atomic mass is 35.5. The molecule has 1 saturated carbocycles. The lowest BCUT2D eigenvalue weighted by Crippen LogP contribution is -2.53. The molecule has 4 heterocycles. The van der Waals surface area contributed by atoms with E-state index in [0.717, 1.165) is 18.4 Å². The topological polar surface area (TPSA) is 109 Å². The molecular formula is C37H35ClF2N4O5. The highest BCUT2D eigenvalue weighted by Crippen LogP contribution is 2.61. The molecule has 3 aliphatic heterocycles. The van der Waals surface area contributed by atoms with Gasteiger partial charge < -0.3 is 24.8 Å². The van der Waals surface area contributed by atoms with E-state index in [2.05, 4.69) is 5.10 Å². The van der Waals surface area contributed by atoms with E-state index < -0.39 is 40.9 Å². The molecule has 12 heteroatoms. The van der Waals surface area contributed by atoms with Gasteiger partial charge in [-0.3, -0.25) is 9.48 Å². The summed E-state index contributed by atoms with van der Waals surface area (Å²) in [5.41, 5.74) is 5.93. The number of hydrogen-bond acceptors (Lipinski definition) is 6. The summed E-state index contributed by atoms with van der Waals surface area (Å²) >= 11 is 6.75. The third-order valence-electron chi connectivity index (χ3n) is 10.2. The fraction of sp³-hybridized carbons (Fsp3) is 0.378. The maximum Gasteiger partial charge on any atom is 0.410 e. The summed E-state index contributed by atoms with van der Waals surface area (Å²) < 4.78 is 53.0. The van der Waals surface area contributed by atoms with Crippen LogP contribution in [0.2, 0.25) is 5.02 Å². The third kappa shape index (κ3) is 4.95. The summed E-state index contributed by atoms with van der Waals surface area (Å²) in [6.07, 6.45) is 3.86. The molecule has 3 aromatic carbocycles. The Morgan fingerprint density at radius 1 is 1.10 bits per heavy atom. The Labute approximate surface area is 286 Å². The molecule has 4 aliphatic rings. The van der Waals surface area contributed by atoms with Crippen LogP contribution in [0.3, 0.4) is 0 Å². The predicted molar refractivity (Wildman–Crippen MR) is 177 cm³/mol. The normalized spacial score (nSPS) is 21.4. The number of primary amides is 1. The lowest BCUT2D eigenvalue weighted by molar-refractivity contribution is -0.0216. The molecule has 0 radical (unpaired) electrons. The SMILES string of the molecule is Cn1cc2c(n1)COc1c-2cc(C(N)=O)c(-c2c(Cl)c(F)cc3c2C[C@](c2ccccc2)([C@@H]2CC4(CC4)CN2C(=O)OC(C)(C)C)O3)c1F. The van der Waals surface area contributed by atoms with Gasteiger partial charge in [-0.05, 0) is 57.1 Å². The van der Waals surface area contributed by atoms with Crippen LogP contribution in [0.15, 0.2) is 48.7 Å². The summed E-state index contributed by atoms with van der Waals surface area (Å²) in [5, 5.41) is 3.98. The van der Waals surface area contributed by atoms with Crippen LogP contribution in [-0.4, -0.2) is 44.9 Å². The first-order valence-electron chi connectivity index (χ1n) is 16.3. The average Bonchev–Trinajstić information content (AvgIpc) is 3.33. The van der Waals surface area contributed by atoms with Crippen LogP contribution in [0.4, 0.5) is 13.6 Å². The largest absolute Gasteiger partial charge is 0.483 e. The number of benzene rings is 3. The van der Waals surface area contributed by atoms with E-state index in [1.54, 1.807) is 22.8 Å². The van der Waals surface area contributed by atoms with Gasteiger partial charge in [0, 0.05) is 60.1 Å². The zero-order valence-electron chi connectivity index (χ0n) is 27.5. The van der Waals surface area contributed by atoms with Gasteiger partial charge in [0.15, 0.2) is 17.2 Å². The Bertz CT molecular complexity index is 2070. The fourth-order valence-electron chi connectivity index (χ4n) is 7.87. The smallest absolute Gasteiger partial charge is 0.410 e. The molecule has 8 rings (SSSR count). The Morgan fingerprint density at radius 2 is 1.84 bits per heavy atom. The number of ether oxygens (including phenoxy) is 3. The molecule has 9 nitrogen and oxygen atoms in total. The lowest BCUT2D eigenvalue weighted by Gasteiger charge is -2.40. The van der Waals surface area contributed by atoms with E-state index in [9.17, 15) is 9.59 Å². The van der Waals surface area contributed by atoms with Gasteiger partial charge in [0.05, 0.1) is 16.6 Å². The molecule has 1 aromatic heterocycles. The molecule has 2 N–H and O–H groups in total. The number of nitrogens with two attached hydrogens (primary N) is 1.